The van der Waals surface area contributed by atoms with Gasteiger partial charge in [0.2, 0.25) is 0 Å². The summed E-state index contributed by atoms with van der Waals surface area (Å²) in [5.74, 6) is 0.391. The average molecular weight is 316 g/mol. The molecule has 1 aromatic rings. The first-order valence-corrected chi connectivity index (χ1v) is 8.96. The Morgan fingerprint density at radius 2 is 2.05 bits per heavy atom. The fourth-order valence-electron chi connectivity index (χ4n) is 2.38. The molecule has 0 aromatic heterocycles. The molecule has 1 atom stereocenters. The monoisotopic (exact) mass is 315 g/mol. The van der Waals surface area contributed by atoms with Gasteiger partial charge < -0.3 is 5.32 Å². The van der Waals surface area contributed by atoms with Gasteiger partial charge in [0, 0.05) is 22.3 Å². The molecule has 20 heavy (non-hydrogen) atoms. The molecule has 0 aliphatic heterocycles. The molecule has 2 rings (SSSR count). The summed E-state index contributed by atoms with van der Waals surface area (Å²) in [4.78, 5) is 12.2. The number of nitrogens with one attached hydrogen (secondary N) is 1. The number of benzene rings is 1. The lowest BCUT2D eigenvalue weighted by atomic mass is 9.80. The Morgan fingerprint density at radius 3 is 2.50 bits per heavy atom. The van der Waals surface area contributed by atoms with Crippen LogP contribution in [0, 0.1) is 12.8 Å². The molecule has 1 unspecified atom stereocenters. The van der Waals surface area contributed by atoms with Crippen molar-refractivity contribution in [3.8, 4) is 0 Å². The Labute approximate surface area is 123 Å². The minimum absolute atomic E-state index is 0.0141. The van der Waals surface area contributed by atoms with Crippen LogP contribution in [-0.4, -0.2) is 20.4 Å². The Hall–Kier alpha value is -1.07. The van der Waals surface area contributed by atoms with E-state index < -0.39 is 9.05 Å². The zero-order chi connectivity index (χ0) is 14.9. The lowest BCUT2D eigenvalue weighted by Gasteiger charge is -2.32. The Morgan fingerprint density at radius 1 is 1.40 bits per heavy atom. The lowest BCUT2D eigenvalue weighted by Crippen LogP contribution is -2.40. The lowest BCUT2D eigenvalue weighted by molar-refractivity contribution is 0.0908. The first kappa shape index (κ1) is 15.3. The molecule has 1 saturated carbocycles. The van der Waals surface area contributed by atoms with Crippen LogP contribution in [0.25, 0.3) is 0 Å². The van der Waals surface area contributed by atoms with Crippen molar-refractivity contribution < 1.29 is 13.2 Å². The molecule has 0 spiro atoms. The smallest absolute Gasteiger partial charge is 0.261 e. The molecule has 1 aliphatic rings. The van der Waals surface area contributed by atoms with Crippen LogP contribution in [0.3, 0.4) is 0 Å². The molecule has 1 aromatic carbocycles. The van der Waals surface area contributed by atoms with Crippen LogP contribution < -0.4 is 5.32 Å². The third-order valence-corrected chi connectivity index (χ3v) is 5.29. The summed E-state index contributed by atoms with van der Waals surface area (Å²) in [6.45, 7) is 3.71. The van der Waals surface area contributed by atoms with Crippen molar-refractivity contribution in [1.29, 1.82) is 0 Å². The van der Waals surface area contributed by atoms with E-state index in [4.69, 9.17) is 10.7 Å². The minimum Gasteiger partial charge on any atom is -0.349 e. The standard InChI is InChI=1S/C14H18ClNO3S/c1-9-8-12(20(15,18)19)6-7-13(9)14(17)16-10(2)11-4-3-5-11/h6-8,10-11H,3-5H2,1-2H3,(H,16,17). The number of carbonyl (C=O) groups excluding carboxylic acids is 1. The minimum atomic E-state index is -3.76. The molecule has 0 saturated heterocycles. The molecule has 110 valence electrons. The van der Waals surface area contributed by atoms with Gasteiger partial charge in [0.05, 0.1) is 4.90 Å². The molecule has 1 N–H and O–H groups in total. The van der Waals surface area contributed by atoms with E-state index in [1.165, 1.54) is 24.6 Å². The predicted octanol–water partition coefficient (Wildman–Crippen LogP) is 2.84. The van der Waals surface area contributed by atoms with Gasteiger partial charge in [-0.1, -0.05) is 6.42 Å². The predicted molar refractivity (Wildman–Crippen MR) is 78.5 cm³/mol. The fourth-order valence-corrected chi connectivity index (χ4v) is 3.22. The number of rotatable bonds is 4. The molecular weight excluding hydrogens is 298 g/mol. The first-order chi connectivity index (χ1) is 9.29. The van der Waals surface area contributed by atoms with E-state index in [1.807, 2.05) is 6.92 Å². The normalized spacial score (nSPS) is 17.4. The molecule has 0 radical (unpaired) electrons. The fraction of sp³-hybridized carbons (Fsp3) is 0.500. The van der Waals surface area contributed by atoms with Crippen LogP contribution in [0.15, 0.2) is 23.1 Å². The van der Waals surface area contributed by atoms with Crippen LogP contribution in [-0.2, 0) is 9.05 Å². The number of aryl methyl sites for hydroxylation is 1. The summed E-state index contributed by atoms with van der Waals surface area (Å²) in [5, 5.41) is 2.98. The third-order valence-electron chi connectivity index (χ3n) is 3.94. The second-order valence-corrected chi connectivity index (χ2v) is 7.93. The van der Waals surface area contributed by atoms with E-state index in [1.54, 1.807) is 6.92 Å². The van der Waals surface area contributed by atoms with Crippen molar-refractivity contribution in [3.05, 3.63) is 29.3 Å². The third kappa shape index (κ3) is 3.33. The van der Waals surface area contributed by atoms with Crippen molar-refractivity contribution in [1.82, 2.24) is 5.32 Å². The zero-order valence-electron chi connectivity index (χ0n) is 11.5. The van der Waals surface area contributed by atoms with Crippen LogP contribution in [0.5, 0.6) is 0 Å². The summed E-state index contributed by atoms with van der Waals surface area (Å²) >= 11 is 0. The van der Waals surface area contributed by atoms with Gasteiger partial charge in [0.15, 0.2) is 0 Å². The molecule has 1 amide bonds. The van der Waals surface area contributed by atoms with Crippen LogP contribution in [0.4, 0.5) is 0 Å². The highest BCUT2D eigenvalue weighted by Gasteiger charge is 2.25. The average Bonchev–Trinajstić information content (AvgIpc) is 2.24. The number of hydrogen-bond acceptors (Lipinski definition) is 3. The van der Waals surface area contributed by atoms with E-state index in [0.29, 0.717) is 17.0 Å². The SMILES string of the molecule is Cc1cc(S(=O)(=O)Cl)ccc1C(=O)NC(C)C1CCC1. The quantitative estimate of drug-likeness (QED) is 0.869. The summed E-state index contributed by atoms with van der Waals surface area (Å²) in [7, 11) is 1.53. The molecule has 1 aliphatic carbocycles. The Bertz CT molecular complexity index is 623. The van der Waals surface area contributed by atoms with Crippen molar-refractivity contribution >= 4 is 25.6 Å². The molecule has 1 fully saturated rings. The maximum Gasteiger partial charge on any atom is 0.261 e. The summed E-state index contributed by atoms with van der Waals surface area (Å²) in [5.41, 5.74) is 1.09. The van der Waals surface area contributed by atoms with Gasteiger partial charge in [-0.05, 0) is 56.4 Å². The summed E-state index contributed by atoms with van der Waals surface area (Å²) < 4.78 is 22.5. The van der Waals surface area contributed by atoms with Gasteiger partial charge in [0.25, 0.3) is 15.0 Å². The summed E-state index contributed by atoms with van der Waals surface area (Å²) in [6.07, 6.45) is 3.54. The van der Waals surface area contributed by atoms with Crippen molar-refractivity contribution in [2.24, 2.45) is 5.92 Å². The largest absolute Gasteiger partial charge is 0.349 e. The zero-order valence-corrected chi connectivity index (χ0v) is 13.1. The van der Waals surface area contributed by atoms with Gasteiger partial charge in [-0.25, -0.2) is 8.42 Å². The number of hydrogen-bond donors (Lipinski definition) is 1. The highest BCUT2D eigenvalue weighted by atomic mass is 35.7. The van der Waals surface area contributed by atoms with E-state index in [2.05, 4.69) is 5.32 Å². The van der Waals surface area contributed by atoms with E-state index >= 15 is 0 Å². The number of amides is 1. The van der Waals surface area contributed by atoms with E-state index in [-0.39, 0.29) is 16.8 Å². The van der Waals surface area contributed by atoms with Crippen LogP contribution in [0.1, 0.15) is 42.1 Å². The van der Waals surface area contributed by atoms with Gasteiger partial charge in [0.1, 0.15) is 0 Å². The van der Waals surface area contributed by atoms with Crippen molar-refractivity contribution in [3.63, 3.8) is 0 Å². The van der Waals surface area contributed by atoms with Crippen LogP contribution in [0.2, 0.25) is 0 Å². The van der Waals surface area contributed by atoms with E-state index in [9.17, 15) is 13.2 Å². The summed E-state index contributed by atoms with van der Waals surface area (Å²) in [6, 6.07) is 4.43. The highest BCUT2D eigenvalue weighted by Crippen LogP contribution is 2.29. The van der Waals surface area contributed by atoms with Gasteiger partial charge in [-0.2, -0.15) is 0 Å². The number of carbonyl (C=O) groups is 1. The second kappa shape index (κ2) is 5.74. The number of halogens is 1. The highest BCUT2D eigenvalue weighted by molar-refractivity contribution is 8.13. The molecule has 4 nitrogen and oxygen atoms in total. The molecular formula is C14H18ClNO3S. The molecule has 0 heterocycles. The second-order valence-electron chi connectivity index (χ2n) is 5.37. The van der Waals surface area contributed by atoms with Crippen molar-refractivity contribution in [2.45, 2.75) is 44.0 Å². The molecule has 0 bridgehead atoms. The molecule has 6 heteroatoms. The maximum absolute atomic E-state index is 12.2. The van der Waals surface area contributed by atoms with Gasteiger partial charge in [-0.3, -0.25) is 4.79 Å². The topological polar surface area (TPSA) is 63.2 Å². The van der Waals surface area contributed by atoms with Crippen LogP contribution >= 0.6 is 10.7 Å². The maximum atomic E-state index is 12.2. The Kier molecular flexibility index (Phi) is 4.39. The Balaban J connectivity index is 2.14. The van der Waals surface area contributed by atoms with Gasteiger partial charge >= 0.3 is 0 Å². The first-order valence-electron chi connectivity index (χ1n) is 6.65. The van der Waals surface area contributed by atoms with E-state index in [0.717, 1.165) is 12.8 Å². The van der Waals surface area contributed by atoms with Crippen molar-refractivity contribution in [2.75, 3.05) is 0 Å². The van der Waals surface area contributed by atoms with Gasteiger partial charge in [-0.15, -0.1) is 0 Å².